The summed E-state index contributed by atoms with van der Waals surface area (Å²) in [4.78, 5) is 0. The molecule has 1 fully saturated rings. The molecule has 1 saturated carbocycles. The first-order valence-electron chi connectivity index (χ1n) is 11.0. The Kier molecular flexibility index (Phi) is 6.04. The molecule has 2 N–H and O–H groups in total. The van der Waals surface area contributed by atoms with Crippen LogP contribution in [-0.4, -0.2) is 10.2 Å². The average molecular weight is 377 g/mol. The van der Waals surface area contributed by atoms with Gasteiger partial charge in [0, 0.05) is 5.56 Å². The molecule has 2 heteroatoms. The number of para-hydroxylation sites is 1. The minimum atomic E-state index is 0.326. The Bertz CT molecular complexity index is 811. The van der Waals surface area contributed by atoms with Gasteiger partial charge in [-0.2, -0.15) is 0 Å². The molecule has 2 aromatic rings. The van der Waals surface area contributed by atoms with E-state index in [0.717, 1.165) is 24.8 Å². The van der Waals surface area contributed by atoms with Gasteiger partial charge in [0.25, 0.3) is 0 Å². The van der Waals surface area contributed by atoms with E-state index in [1.165, 1.54) is 61.6 Å². The maximum absolute atomic E-state index is 11.1. The zero-order valence-corrected chi connectivity index (χ0v) is 16.7. The van der Waals surface area contributed by atoms with Crippen molar-refractivity contribution in [1.29, 1.82) is 0 Å². The zero-order chi connectivity index (χ0) is 19.3. The standard InChI is InChI=1S/C26H32O2/c27-23-17-15-20(16-18-23)19-11-13-22(14-12-19)25-10-6-9-24(26(25)28)21-7-4-2-1-3-5-8-21/h6,9-10,13,15-19,21,27-28H,1-5,7-8,11-12,14H2. The predicted octanol–water partition coefficient (Wildman–Crippen LogP) is 7.28. The molecule has 0 aromatic heterocycles. The van der Waals surface area contributed by atoms with Crippen LogP contribution in [0.4, 0.5) is 0 Å². The van der Waals surface area contributed by atoms with Crippen molar-refractivity contribution in [3.05, 3.63) is 65.2 Å². The number of phenolic OH excluding ortho intramolecular Hbond substituents is 2. The molecule has 148 valence electrons. The van der Waals surface area contributed by atoms with Crippen LogP contribution in [0.5, 0.6) is 11.5 Å². The van der Waals surface area contributed by atoms with Crippen LogP contribution in [0.2, 0.25) is 0 Å². The van der Waals surface area contributed by atoms with Crippen molar-refractivity contribution < 1.29 is 10.2 Å². The molecule has 4 rings (SSSR count). The third kappa shape index (κ3) is 4.27. The van der Waals surface area contributed by atoms with E-state index in [9.17, 15) is 10.2 Å². The van der Waals surface area contributed by atoms with Gasteiger partial charge in [-0.05, 0) is 72.8 Å². The lowest BCUT2D eigenvalue weighted by Gasteiger charge is -2.25. The molecule has 1 unspecified atom stereocenters. The normalized spacial score (nSPS) is 21.6. The molecule has 2 aliphatic rings. The molecule has 28 heavy (non-hydrogen) atoms. The molecule has 0 amide bonds. The van der Waals surface area contributed by atoms with E-state index in [1.807, 2.05) is 12.1 Å². The van der Waals surface area contributed by atoms with Gasteiger partial charge in [0.15, 0.2) is 0 Å². The van der Waals surface area contributed by atoms with Gasteiger partial charge in [-0.1, -0.05) is 68.5 Å². The summed E-state index contributed by atoms with van der Waals surface area (Å²) in [6.45, 7) is 0. The third-order valence-electron chi connectivity index (χ3n) is 6.73. The molecule has 2 aromatic carbocycles. The molecule has 0 radical (unpaired) electrons. The first-order valence-corrected chi connectivity index (χ1v) is 11.0. The highest BCUT2D eigenvalue weighted by Crippen LogP contribution is 2.43. The van der Waals surface area contributed by atoms with Crippen molar-refractivity contribution in [3.63, 3.8) is 0 Å². The molecule has 0 saturated heterocycles. The second-order valence-corrected chi connectivity index (χ2v) is 8.58. The summed E-state index contributed by atoms with van der Waals surface area (Å²) in [7, 11) is 0. The summed E-state index contributed by atoms with van der Waals surface area (Å²) in [6, 6.07) is 14.0. The highest BCUT2D eigenvalue weighted by Gasteiger charge is 2.22. The summed E-state index contributed by atoms with van der Waals surface area (Å²) in [5.41, 5.74) is 4.80. The molecule has 0 bridgehead atoms. The van der Waals surface area contributed by atoms with Gasteiger partial charge >= 0.3 is 0 Å². The minimum absolute atomic E-state index is 0.326. The summed E-state index contributed by atoms with van der Waals surface area (Å²) in [6.07, 6.45) is 14.4. The van der Waals surface area contributed by atoms with Gasteiger partial charge in [0.1, 0.15) is 11.5 Å². The third-order valence-corrected chi connectivity index (χ3v) is 6.73. The van der Waals surface area contributed by atoms with Crippen molar-refractivity contribution in [1.82, 2.24) is 0 Å². The highest BCUT2D eigenvalue weighted by molar-refractivity contribution is 5.72. The topological polar surface area (TPSA) is 40.5 Å². The number of phenols is 2. The van der Waals surface area contributed by atoms with Crippen molar-refractivity contribution in [2.45, 2.75) is 76.0 Å². The highest BCUT2D eigenvalue weighted by atomic mass is 16.3. The Morgan fingerprint density at radius 1 is 0.714 bits per heavy atom. The van der Waals surface area contributed by atoms with Gasteiger partial charge in [-0.15, -0.1) is 0 Å². The molecule has 2 aliphatic carbocycles. The number of rotatable bonds is 3. The fraction of sp³-hybridized carbons (Fsp3) is 0.462. The van der Waals surface area contributed by atoms with Crippen LogP contribution in [0.1, 0.15) is 92.7 Å². The number of hydrogen-bond acceptors (Lipinski definition) is 2. The van der Waals surface area contributed by atoms with Crippen LogP contribution >= 0.6 is 0 Å². The van der Waals surface area contributed by atoms with Gasteiger partial charge in [-0.3, -0.25) is 0 Å². The molecule has 0 heterocycles. The molecule has 2 nitrogen and oxygen atoms in total. The van der Waals surface area contributed by atoms with E-state index in [0.29, 0.717) is 23.3 Å². The van der Waals surface area contributed by atoms with E-state index < -0.39 is 0 Å². The number of aromatic hydroxyl groups is 2. The van der Waals surface area contributed by atoms with Gasteiger partial charge in [0.05, 0.1) is 0 Å². The summed E-state index contributed by atoms with van der Waals surface area (Å²) in [5, 5.41) is 20.6. The quantitative estimate of drug-likeness (QED) is 0.591. The maximum atomic E-state index is 11.1. The Morgan fingerprint density at radius 2 is 1.43 bits per heavy atom. The van der Waals surface area contributed by atoms with Crippen molar-refractivity contribution >= 4 is 5.57 Å². The van der Waals surface area contributed by atoms with Crippen molar-refractivity contribution in [2.75, 3.05) is 0 Å². The smallest absolute Gasteiger partial charge is 0.126 e. The van der Waals surface area contributed by atoms with Crippen molar-refractivity contribution in [2.24, 2.45) is 0 Å². The summed E-state index contributed by atoms with van der Waals surface area (Å²) >= 11 is 0. The number of allylic oxidation sites excluding steroid dienone is 2. The van der Waals surface area contributed by atoms with Crippen LogP contribution in [0.3, 0.4) is 0 Å². The first-order chi connectivity index (χ1) is 13.7. The van der Waals surface area contributed by atoms with Gasteiger partial charge in [-0.25, -0.2) is 0 Å². The molecule has 1 atom stereocenters. The Balaban J connectivity index is 1.52. The lowest BCUT2D eigenvalue weighted by atomic mass is 9.80. The number of hydrogen-bond donors (Lipinski definition) is 2. The SMILES string of the molecule is Oc1ccc(C2CC=C(c3cccc(C4CCCCCCC4)c3O)CC2)cc1. The first kappa shape index (κ1) is 19.1. The van der Waals surface area contributed by atoms with E-state index in [-0.39, 0.29) is 0 Å². The summed E-state index contributed by atoms with van der Waals surface area (Å²) < 4.78 is 0. The Labute approximate surface area is 168 Å². The van der Waals surface area contributed by atoms with Crippen LogP contribution in [-0.2, 0) is 0 Å². The summed E-state index contributed by atoms with van der Waals surface area (Å²) in [5.74, 6) is 1.86. The van der Waals surface area contributed by atoms with Crippen LogP contribution in [0.15, 0.2) is 48.5 Å². The zero-order valence-electron chi connectivity index (χ0n) is 16.7. The lowest BCUT2D eigenvalue weighted by molar-refractivity contribution is 0.423. The molecule has 0 spiro atoms. The predicted molar refractivity (Wildman–Crippen MR) is 116 cm³/mol. The molecular weight excluding hydrogens is 344 g/mol. The van der Waals surface area contributed by atoms with Crippen molar-refractivity contribution in [3.8, 4) is 11.5 Å². The Morgan fingerprint density at radius 3 is 2.11 bits per heavy atom. The second kappa shape index (κ2) is 8.86. The second-order valence-electron chi connectivity index (χ2n) is 8.58. The lowest BCUT2D eigenvalue weighted by Crippen LogP contribution is -2.06. The monoisotopic (exact) mass is 376 g/mol. The fourth-order valence-corrected chi connectivity index (χ4v) is 5.05. The molecule has 0 aliphatic heterocycles. The average Bonchev–Trinajstić information content (AvgIpc) is 2.69. The van der Waals surface area contributed by atoms with Crippen LogP contribution in [0.25, 0.3) is 5.57 Å². The minimum Gasteiger partial charge on any atom is -0.508 e. The largest absolute Gasteiger partial charge is 0.508 e. The van der Waals surface area contributed by atoms with Crippen LogP contribution < -0.4 is 0 Å². The molecular formula is C26H32O2. The van der Waals surface area contributed by atoms with E-state index in [2.05, 4.69) is 24.3 Å². The fourth-order valence-electron chi connectivity index (χ4n) is 5.05. The Hall–Kier alpha value is -2.22. The maximum Gasteiger partial charge on any atom is 0.126 e. The van der Waals surface area contributed by atoms with E-state index in [1.54, 1.807) is 12.1 Å². The van der Waals surface area contributed by atoms with E-state index in [4.69, 9.17) is 0 Å². The van der Waals surface area contributed by atoms with Gasteiger partial charge in [0.2, 0.25) is 0 Å². The van der Waals surface area contributed by atoms with Gasteiger partial charge < -0.3 is 10.2 Å². The van der Waals surface area contributed by atoms with Crippen LogP contribution in [0, 0.1) is 0 Å². The van der Waals surface area contributed by atoms with E-state index >= 15 is 0 Å². The number of benzene rings is 2.